The number of hydrogen-bond donors (Lipinski definition) is 1. The van der Waals surface area contributed by atoms with Crippen molar-refractivity contribution in [2.24, 2.45) is 0 Å². The second-order valence-corrected chi connectivity index (χ2v) is 9.20. The molecule has 0 aromatic heterocycles. The number of benzene rings is 1. The van der Waals surface area contributed by atoms with Crippen LogP contribution in [0, 0.1) is 0 Å². The molecule has 1 amide bonds. The topological polar surface area (TPSA) is 75.7 Å². The van der Waals surface area contributed by atoms with E-state index in [2.05, 4.69) is 12.2 Å². The Balaban J connectivity index is 2.22. The summed E-state index contributed by atoms with van der Waals surface area (Å²) in [7, 11) is -3.55. The van der Waals surface area contributed by atoms with Crippen LogP contribution in [0.5, 0.6) is 5.75 Å². The lowest BCUT2D eigenvalue weighted by Gasteiger charge is -2.26. The molecule has 1 heterocycles. The van der Waals surface area contributed by atoms with Crippen LogP contribution in [-0.4, -0.2) is 49.8 Å². The van der Waals surface area contributed by atoms with Gasteiger partial charge in [0.1, 0.15) is 5.75 Å². The average molecular weight is 401 g/mol. The van der Waals surface area contributed by atoms with Gasteiger partial charge in [0.05, 0.1) is 22.9 Å². The highest BCUT2D eigenvalue weighted by Gasteiger charge is 2.27. The van der Waals surface area contributed by atoms with Gasteiger partial charge in [0.2, 0.25) is 15.9 Å². The van der Waals surface area contributed by atoms with Crippen molar-refractivity contribution in [3.63, 3.8) is 0 Å². The van der Waals surface area contributed by atoms with Crippen molar-refractivity contribution in [1.82, 2.24) is 4.31 Å². The van der Waals surface area contributed by atoms with Crippen LogP contribution in [-0.2, 0) is 14.8 Å². The molecule has 6 nitrogen and oxygen atoms in total. The van der Waals surface area contributed by atoms with Crippen molar-refractivity contribution in [2.75, 3.05) is 36.5 Å². The smallest absolute Gasteiger partial charge is 0.243 e. The van der Waals surface area contributed by atoms with Crippen molar-refractivity contribution in [3.05, 3.63) is 18.2 Å². The summed E-state index contributed by atoms with van der Waals surface area (Å²) in [5.41, 5.74) is 0.409. The molecule has 8 heteroatoms. The highest BCUT2D eigenvalue weighted by atomic mass is 32.2. The monoisotopic (exact) mass is 400 g/mol. The van der Waals surface area contributed by atoms with Crippen molar-refractivity contribution in [3.8, 4) is 5.75 Å². The zero-order valence-electron chi connectivity index (χ0n) is 15.5. The van der Waals surface area contributed by atoms with Crippen LogP contribution in [0.15, 0.2) is 23.1 Å². The molecule has 1 aliphatic heterocycles. The SMILES string of the molecule is CCCSCC(=O)Nc1cc(S(=O)(=O)N2CCCCC2)ccc1OCC. The molecular formula is C18H28N2O4S2. The molecule has 146 valence electrons. The largest absolute Gasteiger partial charge is 0.492 e. The van der Waals surface area contributed by atoms with E-state index in [0.717, 1.165) is 31.4 Å². The van der Waals surface area contributed by atoms with Crippen molar-refractivity contribution < 1.29 is 17.9 Å². The lowest BCUT2D eigenvalue weighted by Crippen LogP contribution is -2.35. The molecule has 1 aromatic rings. The zero-order valence-corrected chi connectivity index (χ0v) is 17.1. The molecule has 0 spiro atoms. The van der Waals surface area contributed by atoms with Gasteiger partial charge in [-0.05, 0) is 50.1 Å². The van der Waals surface area contributed by atoms with E-state index in [4.69, 9.17) is 4.74 Å². The minimum atomic E-state index is -3.55. The molecule has 1 saturated heterocycles. The Morgan fingerprint density at radius 2 is 1.96 bits per heavy atom. The number of ether oxygens (including phenoxy) is 1. The summed E-state index contributed by atoms with van der Waals surface area (Å²) < 4.78 is 32.8. The van der Waals surface area contributed by atoms with Crippen LogP contribution in [0.1, 0.15) is 39.5 Å². The van der Waals surface area contributed by atoms with E-state index in [1.54, 1.807) is 23.9 Å². The van der Waals surface area contributed by atoms with Crippen LogP contribution in [0.4, 0.5) is 5.69 Å². The Labute approximate surface area is 160 Å². The molecule has 26 heavy (non-hydrogen) atoms. The number of piperidine rings is 1. The molecule has 0 bridgehead atoms. The van der Waals surface area contributed by atoms with Gasteiger partial charge >= 0.3 is 0 Å². The second-order valence-electron chi connectivity index (χ2n) is 6.16. The predicted octanol–water partition coefficient (Wildman–Crippen LogP) is 3.34. The quantitative estimate of drug-likeness (QED) is 0.644. The van der Waals surface area contributed by atoms with Gasteiger partial charge in [-0.1, -0.05) is 13.3 Å². The summed E-state index contributed by atoms with van der Waals surface area (Å²) in [6, 6.07) is 4.68. The second kappa shape index (κ2) is 10.2. The van der Waals surface area contributed by atoms with E-state index in [1.165, 1.54) is 10.4 Å². The maximum absolute atomic E-state index is 12.9. The van der Waals surface area contributed by atoms with Crippen LogP contribution in [0.3, 0.4) is 0 Å². The highest BCUT2D eigenvalue weighted by molar-refractivity contribution is 7.99. The first-order chi connectivity index (χ1) is 12.5. The number of thioether (sulfide) groups is 1. The van der Waals surface area contributed by atoms with E-state index in [9.17, 15) is 13.2 Å². The van der Waals surface area contributed by atoms with Crippen LogP contribution in [0.2, 0.25) is 0 Å². The molecule has 0 atom stereocenters. The lowest BCUT2D eigenvalue weighted by atomic mass is 10.2. The number of nitrogens with zero attached hydrogens (tertiary/aromatic N) is 1. The van der Waals surface area contributed by atoms with Crippen molar-refractivity contribution in [2.45, 2.75) is 44.4 Å². The van der Waals surface area contributed by atoms with Crippen LogP contribution in [0.25, 0.3) is 0 Å². The summed E-state index contributed by atoms with van der Waals surface area (Å²) in [5.74, 6) is 1.58. The Bertz CT molecular complexity index is 701. The molecule has 0 radical (unpaired) electrons. The summed E-state index contributed by atoms with van der Waals surface area (Å²) in [5, 5.41) is 2.80. The fourth-order valence-corrected chi connectivity index (χ4v) is 5.03. The number of sulfonamides is 1. The standard InChI is InChI=1S/C18H28N2O4S2/c1-3-12-25-14-18(21)19-16-13-15(8-9-17(16)24-4-2)26(22,23)20-10-6-5-7-11-20/h8-9,13H,3-7,10-12,14H2,1-2H3,(H,19,21). The van der Waals surface area contributed by atoms with Crippen molar-refractivity contribution in [1.29, 1.82) is 0 Å². The maximum Gasteiger partial charge on any atom is 0.243 e. The van der Waals surface area contributed by atoms with E-state index in [1.807, 2.05) is 6.92 Å². The van der Waals surface area contributed by atoms with E-state index < -0.39 is 10.0 Å². The van der Waals surface area contributed by atoms with E-state index in [0.29, 0.717) is 36.9 Å². The summed E-state index contributed by atoms with van der Waals surface area (Å²) in [6.45, 7) is 5.44. The Morgan fingerprint density at radius 3 is 2.62 bits per heavy atom. The maximum atomic E-state index is 12.9. The Hall–Kier alpha value is -1.25. The minimum absolute atomic E-state index is 0.156. The van der Waals surface area contributed by atoms with Gasteiger partial charge in [-0.15, -0.1) is 0 Å². The van der Waals surface area contributed by atoms with Gasteiger partial charge in [-0.2, -0.15) is 16.1 Å². The van der Waals surface area contributed by atoms with Gasteiger partial charge in [-0.25, -0.2) is 8.42 Å². The van der Waals surface area contributed by atoms with Crippen molar-refractivity contribution >= 4 is 33.4 Å². The zero-order chi connectivity index (χ0) is 19.0. The number of amides is 1. The molecule has 1 aromatic carbocycles. The van der Waals surface area contributed by atoms with E-state index >= 15 is 0 Å². The molecule has 0 aliphatic carbocycles. The molecule has 0 saturated carbocycles. The summed E-state index contributed by atoms with van der Waals surface area (Å²) >= 11 is 1.55. The minimum Gasteiger partial charge on any atom is -0.492 e. The number of hydrogen-bond acceptors (Lipinski definition) is 5. The molecular weight excluding hydrogens is 372 g/mol. The number of carbonyl (C=O) groups is 1. The molecule has 0 unspecified atom stereocenters. The number of carbonyl (C=O) groups excluding carboxylic acids is 1. The van der Waals surface area contributed by atoms with E-state index in [-0.39, 0.29) is 10.8 Å². The third-order valence-corrected chi connectivity index (χ3v) is 7.12. The average Bonchev–Trinajstić information content (AvgIpc) is 2.64. The first kappa shape index (κ1) is 21.1. The van der Waals surface area contributed by atoms with Gasteiger partial charge in [0.15, 0.2) is 0 Å². The molecule has 1 fully saturated rings. The summed E-state index contributed by atoms with van der Waals surface area (Å²) in [4.78, 5) is 12.4. The van der Waals surface area contributed by atoms with Gasteiger partial charge in [-0.3, -0.25) is 4.79 Å². The lowest BCUT2D eigenvalue weighted by molar-refractivity contribution is -0.113. The van der Waals surface area contributed by atoms with Gasteiger partial charge < -0.3 is 10.1 Å². The Kier molecular flexibility index (Phi) is 8.24. The molecule has 1 N–H and O–H groups in total. The molecule has 2 rings (SSSR count). The Morgan fingerprint density at radius 1 is 1.23 bits per heavy atom. The summed E-state index contributed by atoms with van der Waals surface area (Å²) in [6.07, 6.45) is 3.83. The highest BCUT2D eigenvalue weighted by Crippen LogP contribution is 2.30. The third-order valence-electron chi connectivity index (χ3n) is 4.06. The predicted molar refractivity (Wildman–Crippen MR) is 106 cm³/mol. The fourth-order valence-electron chi connectivity index (χ4n) is 2.80. The number of anilines is 1. The first-order valence-electron chi connectivity index (χ1n) is 9.13. The first-order valence-corrected chi connectivity index (χ1v) is 11.7. The molecule has 1 aliphatic rings. The van der Waals surface area contributed by atoms with Gasteiger partial charge in [0.25, 0.3) is 0 Å². The van der Waals surface area contributed by atoms with Crippen LogP contribution < -0.4 is 10.1 Å². The third kappa shape index (κ3) is 5.62. The van der Waals surface area contributed by atoms with Crippen LogP contribution >= 0.6 is 11.8 Å². The van der Waals surface area contributed by atoms with Gasteiger partial charge in [0, 0.05) is 13.1 Å². The normalized spacial score (nSPS) is 15.6. The number of rotatable bonds is 9. The fraction of sp³-hybridized carbons (Fsp3) is 0.611. The number of nitrogens with one attached hydrogen (secondary N) is 1.